The number of carbonyl (C=O) groups excluding carboxylic acids is 1. The minimum atomic E-state index is -4.58. The number of halogens is 5. The van der Waals surface area contributed by atoms with Gasteiger partial charge in [0.1, 0.15) is 17.1 Å². The van der Waals surface area contributed by atoms with Crippen LogP contribution < -0.4 is 5.32 Å². The SMILES string of the molecule is Cn1nc(C(F)F)cc1C(=O)NC1CCCc2nn(-c3ccnc(C(F)(F)F)c3)cc21. The highest BCUT2D eigenvalue weighted by atomic mass is 19.4. The van der Waals surface area contributed by atoms with E-state index in [0.29, 0.717) is 30.5 Å². The monoisotopic (exact) mass is 440 g/mol. The summed E-state index contributed by atoms with van der Waals surface area (Å²) in [6.07, 6.45) is -2.87. The summed E-state index contributed by atoms with van der Waals surface area (Å²) >= 11 is 0. The van der Waals surface area contributed by atoms with Crippen molar-refractivity contribution in [2.45, 2.75) is 37.9 Å². The molecule has 7 nitrogen and oxygen atoms in total. The Bertz CT molecular complexity index is 1120. The summed E-state index contributed by atoms with van der Waals surface area (Å²) in [5, 5.41) is 10.8. The Labute approximate surface area is 172 Å². The maximum absolute atomic E-state index is 13.0. The summed E-state index contributed by atoms with van der Waals surface area (Å²) in [5.41, 5.74) is -0.0347. The second-order valence-corrected chi connectivity index (χ2v) is 7.17. The van der Waals surface area contributed by atoms with Crippen LogP contribution >= 0.6 is 0 Å². The lowest BCUT2D eigenvalue weighted by Gasteiger charge is -2.22. The highest BCUT2D eigenvalue weighted by molar-refractivity contribution is 5.93. The Balaban J connectivity index is 1.60. The molecular formula is C19H17F5N6O. The van der Waals surface area contributed by atoms with E-state index >= 15 is 0 Å². The van der Waals surface area contributed by atoms with E-state index in [4.69, 9.17) is 0 Å². The normalized spacial score (nSPS) is 16.4. The van der Waals surface area contributed by atoms with Crippen LogP contribution in [0.25, 0.3) is 5.69 Å². The highest BCUT2D eigenvalue weighted by Gasteiger charge is 2.33. The van der Waals surface area contributed by atoms with Gasteiger partial charge in [-0.3, -0.25) is 14.5 Å². The molecule has 0 radical (unpaired) electrons. The Morgan fingerprint density at radius 2 is 2.03 bits per heavy atom. The zero-order chi connectivity index (χ0) is 22.3. The smallest absolute Gasteiger partial charge is 0.344 e. The number of hydrogen-bond acceptors (Lipinski definition) is 4. The third-order valence-corrected chi connectivity index (χ3v) is 5.06. The molecule has 4 rings (SSSR count). The Morgan fingerprint density at radius 1 is 1.26 bits per heavy atom. The number of nitrogens with zero attached hydrogens (tertiary/aromatic N) is 5. The molecule has 1 aliphatic rings. The number of pyridine rings is 1. The number of aryl methyl sites for hydroxylation is 2. The quantitative estimate of drug-likeness (QED) is 0.627. The first-order chi connectivity index (χ1) is 14.6. The van der Waals surface area contributed by atoms with E-state index in [2.05, 4.69) is 20.5 Å². The molecule has 0 spiro atoms. The molecular weight excluding hydrogens is 423 g/mol. The lowest BCUT2D eigenvalue weighted by molar-refractivity contribution is -0.141. The molecule has 12 heteroatoms. The van der Waals surface area contributed by atoms with Crippen LogP contribution in [-0.4, -0.2) is 30.5 Å². The molecule has 3 heterocycles. The predicted octanol–water partition coefficient (Wildman–Crippen LogP) is 3.76. The molecule has 164 valence electrons. The molecule has 1 atom stereocenters. The molecule has 0 aromatic carbocycles. The van der Waals surface area contributed by atoms with Gasteiger partial charge in [0.25, 0.3) is 12.3 Å². The summed E-state index contributed by atoms with van der Waals surface area (Å²) < 4.78 is 67.0. The van der Waals surface area contributed by atoms with Crippen molar-refractivity contribution in [1.82, 2.24) is 29.9 Å². The fraction of sp³-hybridized carbons (Fsp3) is 0.368. The molecule has 3 aromatic rings. The van der Waals surface area contributed by atoms with Gasteiger partial charge in [-0.05, 0) is 37.5 Å². The van der Waals surface area contributed by atoms with Crippen LogP contribution in [0.1, 0.15) is 58.4 Å². The second kappa shape index (κ2) is 7.75. The Hall–Kier alpha value is -3.31. The fourth-order valence-electron chi connectivity index (χ4n) is 3.58. The van der Waals surface area contributed by atoms with Crippen molar-refractivity contribution in [2.24, 2.45) is 7.05 Å². The first kappa shape index (κ1) is 20.9. The van der Waals surface area contributed by atoms with Crippen LogP contribution in [0.4, 0.5) is 22.0 Å². The first-order valence-corrected chi connectivity index (χ1v) is 9.38. The lowest BCUT2D eigenvalue weighted by Crippen LogP contribution is -2.31. The number of nitrogens with one attached hydrogen (secondary N) is 1. The van der Waals surface area contributed by atoms with Crippen molar-refractivity contribution in [2.75, 3.05) is 0 Å². The van der Waals surface area contributed by atoms with Crippen molar-refractivity contribution in [1.29, 1.82) is 0 Å². The zero-order valence-electron chi connectivity index (χ0n) is 16.2. The number of alkyl halides is 5. The van der Waals surface area contributed by atoms with Gasteiger partial charge in [-0.1, -0.05) is 0 Å². The summed E-state index contributed by atoms with van der Waals surface area (Å²) in [6, 6.07) is 2.87. The van der Waals surface area contributed by atoms with Crippen LogP contribution in [0.3, 0.4) is 0 Å². The third-order valence-electron chi connectivity index (χ3n) is 5.06. The molecule has 1 amide bonds. The van der Waals surface area contributed by atoms with Gasteiger partial charge in [0.2, 0.25) is 0 Å². The van der Waals surface area contributed by atoms with Gasteiger partial charge in [0, 0.05) is 25.0 Å². The van der Waals surface area contributed by atoms with Crippen LogP contribution in [0.2, 0.25) is 0 Å². The third kappa shape index (κ3) is 4.14. The summed E-state index contributed by atoms with van der Waals surface area (Å²) in [7, 11) is 1.40. The molecule has 0 saturated heterocycles. The number of fused-ring (bicyclic) bond motifs is 1. The summed E-state index contributed by atoms with van der Waals surface area (Å²) in [5.74, 6) is -0.573. The summed E-state index contributed by atoms with van der Waals surface area (Å²) in [6.45, 7) is 0. The van der Waals surface area contributed by atoms with Gasteiger partial charge in [-0.25, -0.2) is 13.5 Å². The van der Waals surface area contributed by atoms with Crippen LogP contribution in [-0.2, 0) is 19.6 Å². The van der Waals surface area contributed by atoms with Gasteiger partial charge in [0.15, 0.2) is 0 Å². The Kier molecular flexibility index (Phi) is 5.23. The fourth-order valence-corrected chi connectivity index (χ4v) is 3.58. The van der Waals surface area contributed by atoms with Crippen molar-refractivity contribution in [3.05, 3.63) is 58.9 Å². The minimum absolute atomic E-state index is 0.0150. The topological polar surface area (TPSA) is 77.6 Å². The van der Waals surface area contributed by atoms with E-state index in [9.17, 15) is 26.7 Å². The molecule has 0 saturated carbocycles. The van der Waals surface area contributed by atoms with E-state index in [0.717, 1.165) is 23.0 Å². The number of carbonyl (C=O) groups is 1. The van der Waals surface area contributed by atoms with E-state index in [-0.39, 0.29) is 11.4 Å². The van der Waals surface area contributed by atoms with Crippen molar-refractivity contribution >= 4 is 5.91 Å². The molecule has 1 aliphatic carbocycles. The first-order valence-electron chi connectivity index (χ1n) is 9.38. The largest absolute Gasteiger partial charge is 0.433 e. The lowest BCUT2D eigenvalue weighted by atomic mass is 9.93. The van der Waals surface area contributed by atoms with Crippen LogP contribution in [0.5, 0.6) is 0 Å². The van der Waals surface area contributed by atoms with Crippen molar-refractivity contribution in [3.8, 4) is 5.69 Å². The average Bonchev–Trinajstić information content (AvgIpc) is 3.32. The van der Waals surface area contributed by atoms with Gasteiger partial charge in [0.05, 0.1) is 17.4 Å². The van der Waals surface area contributed by atoms with Crippen LogP contribution in [0.15, 0.2) is 30.6 Å². The average molecular weight is 440 g/mol. The van der Waals surface area contributed by atoms with Crippen molar-refractivity contribution < 1.29 is 26.7 Å². The zero-order valence-corrected chi connectivity index (χ0v) is 16.2. The summed E-state index contributed by atoms with van der Waals surface area (Å²) in [4.78, 5) is 16.0. The van der Waals surface area contributed by atoms with E-state index in [1.807, 2.05) is 0 Å². The van der Waals surface area contributed by atoms with Gasteiger partial charge >= 0.3 is 6.18 Å². The van der Waals surface area contributed by atoms with E-state index < -0.39 is 35.9 Å². The Morgan fingerprint density at radius 3 is 2.71 bits per heavy atom. The van der Waals surface area contributed by atoms with E-state index in [1.165, 1.54) is 17.8 Å². The minimum Gasteiger partial charge on any atom is -0.344 e. The molecule has 31 heavy (non-hydrogen) atoms. The predicted molar refractivity (Wildman–Crippen MR) is 97.7 cm³/mol. The van der Waals surface area contributed by atoms with Gasteiger partial charge < -0.3 is 5.32 Å². The molecule has 3 aromatic heterocycles. The highest BCUT2D eigenvalue weighted by Crippen LogP contribution is 2.32. The number of amides is 1. The maximum Gasteiger partial charge on any atom is 0.433 e. The second-order valence-electron chi connectivity index (χ2n) is 7.17. The van der Waals surface area contributed by atoms with Gasteiger partial charge in [-0.2, -0.15) is 23.4 Å². The molecule has 0 fully saturated rings. The van der Waals surface area contributed by atoms with Crippen molar-refractivity contribution in [3.63, 3.8) is 0 Å². The molecule has 1 unspecified atom stereocenters. The molecule has 0 bridgehead atoms. The number of aromatic nitrogens is 5. The standard InChI is InChI=1S/C19H17F5N6O/c1-29-15(8-14(27-29)17(20)21)18(31)26-12-3-2-4-13-11(12)9-30(28-13)10-5-6-25-16(7-10)19(22,23)24/h5-9,12,17H,2-4H2,1H3,(H,26,31). The maximum atomic E-state index is 13.0. The van der Waals surface area contributed by atoms with Crippen LogP contribution in [0, 0.1) is 0 Å². The molecule has 1 N–H and O–H groups in total. The number of hydrogen-bond donors (Lipinski definition) is 1. The number of rotatable bonds is 4. The van der Waals surface area contributed by atoms with Gasteiger partial charge in [-0.15, -0.1) is 0 Å². The van der Waals surface area contributed by atoms with E-state index in [1.54, 1.807) is 6.20 Å². The molecule has 0 aliphatic heterocycles.